The fourth-order valence-electron chi connectivity index (χ4n) is 5.81. The molecule has 2 aromatic carbocycles. The summed E-state index contributed by atoms with van der Waals surface area (Å²) in [5, 5.41) is 0. The number of nitrogens with zero attached hydrogens (tertiary/aromatic N) is 2. The number of amides is 1. The van der Waals surface area contributed by atoms with Crippen LogP contribution in [0.3, 0.4) is 0 Å². The lowest BCUT2D eigenvalue weighted by molar-refractivity contribution is 0.0714. The molecule has 1 aliphatic heterocycles. The molecule has 0 spiro atoms. The summed E-state index contributed by atoms with van der Waals surface area (Å²) in [5.74, 6) is 0.261. The minimum Gasteiger partial charge on any atom is -0.493 e. The van der Waals surface area contributed by atoms with Crippen LogP contribution < -0.4 is 15.2 Å². The number of ether oxygens (including phenoxy) is 2. The Bertz CT molecular complexity index is 1170. The summed E-state index contributed by atoms with van der Waals surface area (Å²) in [6.45, 7) is 4.77. The van der Waals surface area contributed by atoms with Gasteiger partial charge in [0.2, 0.25) is 0 Å². The quantitative estimate of drug-likeness (QED) is 0.365. The van der Waals surface area contributed by atoms with Crippen LogP contribution in [0.5, 0.6) is 11.5 Å². The van der Waals surface area contributed by atoms with E-state index < -0.39 is 11.6 Å². The molecule has 40 heavy (non-hydrogen) atoms. The van der Waals surface area contributed by atoms with Crippen LogP contribution in [0.25, 0.3) is 6.08 Å². The van der Waals surface area contributed by atoms with Gasteiger partial charge in [-0.3, -0.25) is 9.69 Å². The first-order chi connectivity index (χ1) is 18.3. The number of carbonyl (C=O) groups excluding carboxylic acids is 1. The summed E-state index contributed by atoms with van der Waals surface area (Å²) < 4.78 is 38.5. The first-order valence-electron chi connectivity index (χ1n) is 13.4. The number of benzene rings is 2. The minimum atomic E-state index is -0.626. The van der Waals surface area contributed by atoms with E-state index in [4.69, 9.17) is 15.2 Å². The number of carbonyl (C=O) groups is 1. The number of methoxy groups -OCH3 is 2. The summed E-state index contributed by atoms with van der Waals surface area (Å²) in [5.41, 5.74) is 7.75. The molecule has 6 nitrogen and oxygen atoms in total. The molecule has 4 rings (SSSR count). The Labute approximate surface area is 248 Å². The van der Waals surface area contributed by atoms with Gasteiger partial charge in [0.05, 0.1) is 14.2 Å². The van der Waals surface area contributed by atoms with E-state index in [0.717, 1.165) is 56.8 Å². The molecular formula is C30H41Cl2F2N3O3. The van der Waals surface area contributed by atoms with E-state index >= 15 is 0 Å². The van der Waals surface area contributed by atoms with Crippen LogP contribution in [0, 0.1) is 17.6 Å². The monoisotopic (exact) mass is 599 g/mol. The van der Waals surface area contributed by atoms with Crippen molar-refractivity contribution in [1.82, 2.24) is 9.80 Å². The van der Waals surface area contributed by atoms with Crippen molar-refractivity contribution >= 4 is 36.8 Å². The van der Waals surface area contributed by atoms with E-state index in [1.807, 2.05) is 11.8 Å². The maximum absolute atomic E-state index is 14.3. The van der Waals surface area contributed by atoms with E-state index in [2.05, 4.69) is 4.90 Å². The molecule has 222 valence electrons. The Balaban J connectivity index is 0.00000280. The zero-order valence-corrected chi connectivity index (χ0v) is 25.0. The van der Waals surface area contributed by atoms with Gasteiger partial charge in [0.15, 0.2) is 11.5 Å². The smallest absolute Gasteiger partial charge is 0.254 e. The molecule has 1 amide bonds. The fourth-order valence-corrected chi connectivity index (χ4v) is 5.81. The lowest BCUT2D eigenvalue weighted by Gasteiger charge is -2.33. The molecule has 0 aromatic heterocycles. The molecule has 1 saturated heterocycles. The van der Waals surface area contributed by atoms with Crippen LogP contribution in [0.4, 0.5) is 8.78 Å². The highest BCUT2D eigenvalue weighted by Gasteiger charge is 2.32. The van der Waals surface area contributed by atoms with Gasteiger partial charge in [-0.15, -0.1) is 24.8 Å². The van der Waals surface area contributed by atoms with Crippen molar-refractivity contribution in [2.75, 3.05) is 40.4 Å². The maximum Gasteiger partial charge on any atom is 0.254 e. The summed E-state index contributed by atoms with van der Waals surface area (Å²) in [7, 11) is 3.10. The molecule has 0 unspecified atom stereocenters. The number of likely N-dealkylation sites (tertiary alicyclic amines) is 1. The second-order valence-electron chi connectivity index (χ2n) is 10.6. The summed E-state index contributed by atoms with van der Waals surface area (Å²) in [6, 6.07) is 9.22. The van der Waals surface area contributed by atoms with Gasteiger partial charge in [-0.1, -0.05) is 11.6 Å². The van der Waals surface area contributed by atoms with Crippen LogP contribution in [-0.2, 0) is 0 Å². The van der Waals surface area contributed by atoms with Gasteiger partial charge >= 0.3 is 0 Å². The van der Waals surface area contributed by atoms with Crippen LogP contribution in [0.2, 0.25) is 0 Å². The molecule has 2 fully saturated rings. The molecule has 3 atom stereocenters. The van der Waals surface area contributed by atoms with Crippen LogP contribution in [0.1, 0.15) is 54.9 Å². The number of hydrogen-bond donors (Lipinski definition) is 1. The molecule has 2 aromatic rings. The molecule has 0 radical (unpaired) electrons. The van der Waals surface area contributed by atoms with Crippen molar-refractivity contribution in [3.8, 4) is 11.5 Å². The second kappa shape index (κ2) is 15.6. The molecule has 10 heteroatoms. The molecule has 0 bridgehead atoms. The van der Waals surface area contributed by atoms with E-state index in [9.17, 15) is 13.6 Å². The van der Waals surface area contributed by atoms with Gasteiger partial charge in [-0.25, -0.2) is 8.78 Å². The third-order valence-corrected chi connectivity index (χ3v) is 7.73. The predicted octanol–water partition coefficient (Wildman–Crippen LogP) is 5.96. The molecular weight excluding hydrogens is 559 g/mol. The Morgan fingerprint density at radius 1 is 1.07 bits per heavy atom. The Hall–Kier alpha value is -2.39. The predicted molar refractivity (Wildman–Crippen MR) is 160 cm³/mol. The lowest BCUT2D eigenvalue weighted by Crippen LogP contribution is -2.45. The van der Waals surface area contributed by atoms with E-state index in [0.29, 0.717) is 47.7 Å². The Morgan fingerprint density at radius 3 is 2.48 bits per heavy atom. The van der Waals surface area contributed by atoms with Gasteiger partial charge < -0.3 is 20.1 Å². The SMILES string of the molecule is COc1ccc(C(=O)N(CC(C)=Cc2ccc(F)cc2F)C[C@@H]2CCCN2C[C@H]2CC[C@@H](N)C2)cc1OC.Cl.Cl. The number of nitrogens with two attached hydrogens (primary N) is 1. The average Bonchev–Trinajstić information content (AvgIpc) is 3.52. The summed E-state index contributed by atoms with van der Waals surface area (Å²) in [4.78, 5) is 18.2. The van der Waals surface area contributed by atoms with Crippen LogP contribution in [-0.4, -0.2) is 68.2 Å². The topological polar surface area (TPSA) is 68.0 Å². The number of hydrogen-bond acceptors (Lipinski definition) is 5. The lowest BCUT2D eigenvalue weighted by atomic mass is 10.1. The van der Waals surface area contributed by atoms with Crippen LogP contribution in [0.15, 0.2) is 42.0 Å². The maximum atomic E-state index is 14.3. The summed E-state index contributed by atoms with van der Waals surface area (Å²) in [6.07, 6.45) is 7.08. The first kappa shape index (κ1) is 33.8. The van der Waals surface area contributed by atoms with Gasteiger partial charge in [0.1, 0.15) is 11.6 Å². The van der Waals surface area contributed by atoms with Gasteiger partial charge in [-0.05, 0) is 81.8 Å². The minimum absolute atomic E-state index is 0. The van der Waals surface area contributed by atoms with Crippen molar-refractivity contribution in [3.05, 3.63) is 64.7 Å². The highest BCUT2D eigenvalue weighted by molar-refractivity contribution is 5.95. The highest BCUT2D eigenvalue weighted by atomic mass is 35.5. The molecule has 2 N–H and O–H groups in total. The van der Waals surface area contributed by atoms with E-state index in [1.165, 1.54) is 12.1 Å². The van der Waals surface area contributed by atoms with E-state index in [1.54, 1.807) is 38.5 Å². The van der Waals surface area contributed by atoms with Crippen molar-refractivity contribution in [1.29, 1.82) is 0 Å². The largest absolute Gasteiger partial charge is 0.493 e. The standard InChI is InChI=1S/C30H39F2N3O3.2ClH/c1-20(13-22-7-9-24(31)16-27(22)32)17-35(30(36)23-8-11-28(37-2)29(15-23)38-3)19-26-5-4-12-34(26)18-21-6-10-25(33)14-21;;/h7-9,11,13,15-16,21,25-26H,4-6,10,12,14,17-19,33H2,1-3H3;2*1H/t21-,25+,26-;;/m0../s1. The second-order valence-corrected chi connectivity index (χ2v) is 10.6. The van der Waals surface area contributed by atoms with Gasteiger partial charge in [0.25, 0.3) is 5.91 Å². The normalized spacial score (nSPS) is 20.9. The first-order valence-corrected chi connectivity index (χ1v) is 13.4. The van der Waals surface area contributed by atoms with Crippen molar-refractivity contribution in [3.63, 3.8) is 0 Å². The van der Waals surface area contributed by atoms with Crippen LogP contribution >= 0.6 is 24.8 Å². The zero-order valence-electron chi connectivity index (χ0n) is 23.4. The number of halogens is 4. The van der Waals surface area contributed by atoms with E-state index in [-0.39, 0.29) is 36.8 Å². The van der Waals surface area contributed by atoms with Crippen molar-refractivity contribution < 1.29 is 23.0 Å². The molecule has 1 saturated carbocycles. The molecule has 1 heterocycles. The third-order valence-electron chi connectivity index (χ3n) is 7.73. The Morgan fingerprint density at radius 2 is 1.82 bits per heavy atom. The molecule has 1 aliphatic carbocycles. The van der Waals surface area contributed by atoms with Crippen molar-refractivity contribution in [2.24, 2.45) is 11.7 Å². The number of rotatable bonds is 10. The van der Waals surface area contributed by atoms with Gasteiger partial charge in [-0.2, -0.15) is 0 Å². The van der Waals surface area contributed by atoms with Gasteiger partial charge in [0, 0.05) is 48.9 Å². The Kier molecular flexibility index (Phi) is 13.2. The summed E-state index contributed by atoms with van der Waals surface area (Å²) >= 11 is 0. The molecule has 2 aliphatic rings. The highest BCUT2D eigenvalue weighted by Crippen LogP contribution is 2.30. The fraction of sp³-hybridized carbons (Fsp3) is 0.500. The third kappa shape index (κ3) is 8.56. The average molecular weight is 601 g/mol. The zero-order chi connectivity index (χ0) is 27.2. The van der Waals surface area contributed by atoms with Crippen molar-refractivity contribution in [2.45, 2.75) is 51.1 Å².